The normalized spacial score (nSPS) is 44.6. The van der Waals surface area contributed by atoms with E-state index >= 15 is 0 Å². The SMILES string of the molecule is CCC(CCC(C)C1CCCC2C3CC=C4CC(O)CCC4(C)C3CCC12C)C(C)C. The first-order valence-electron chi connectivity index (χ1n) is 14.1. The van der Waals surface area contributed by atoms with Crippen LogP contribution in [0.5, 0.6) is 0 Å². The van der Waals surface area contributed by atoms with Crippen molar-refractivity contribution in [2.45, 2.75) is 125 Å². The Labute approximate surface area is 193 Å². The predicted octanol–water partition coefficient (Wildman–Crippen LogP) is 8.41. The van der Waals surface area contributed by atoms with Crippen molar-refractivity contribution in [2.75, 3.05) is 0 Å². The average Bonchev–Trinajstić information content (AvgIpc) is 2.73. The first-order chi connectivity index (χ1) is 14.7. The summed E-state index contributed by atoms with van der Waals surface area (Å²) in [4.78, 5) is 0. The number of rotatable bonds is 6. The first-order valence-corrected chi connectivity index (χ1v) is 14.1. The molecule has 0 aromatic carbocycles. The monoisotopic (exact) mass is 428 g/mol. The minimum absolute atomic E-state index is 0.0811. The molecule has 178 valence electrons. The van der Waals surface area contributed by atoms with Crippen LogP contribution in [0, 0.1) is 52.3 Å². The third kappa shape index (κ3) is 4.20. The maximum atomic E-state index is 10.3. The van der Waals surface area contributed by atoms with E-state index in [1.165, 1.54) is 64.2 Å². The van der Waals surface area contributed by atoms with Gasteiger partial charge in [-0.05, 0) is 110 Å². The van der Waals surface area contributed by atoms with Crippen LogP contribution in [0.3, 0.4) is 0 Å². The van der Waals surface area contributed by atoms with Gasteiger partial charge in [0.2, 0.25) is 0 Å². The first kappa shape index (κ1) is 23.8. The van der Waals surface area contributed by atoms with Gasteiger partial charge >= 0.3 is 0 Å². The van der Waals surface area contributed by atoms with E-state index in [2.05, 4.69) is 47.6 Å². The zero-order valence-electron chi connectivity index (χ0n) is 21.6. The molecular weight excluding hydrogens is 376 g/mol. The molecule has 0 radical (unpaired) electrons. The molecule has 1 nitrogen and oxygen atoms in total. The molecule has 3 saturated carbocycles. The highest BCUT2D eigenvalue weighted by atomic mass is 16.3. The van der Waals surface area contributed by atoms with Gasteiger partial charge in [-0.15, -0.1) is 0 Å². The number of fused-ring (bicyclic) bond motifs is 5. The number of hydrogen-bond acceptors (Lipinski definition) is 1. The number of aliphatic hydroxyl groups is 1. The van der Waals surface area contributed by atoms with Crippen molar-refractivity contribution in [2.24, 2.45) is 52.3 Å². The predicted molar refractivity (Wildman–Crippen MR) is 133 cm³/mol. The molecule has 0 aliphatic heterocycles. The van der Waals surface area contributed by atoms with Crippen LogP contribution in [-0.2, 0) is 0 Å². The molecule has 0 amide bonds. The Balaban J connectivity index is 1.50. The van der Waals surface area contributed by atoms with Crippen molar-refractivity contribution < 1.29 is 5.11 Å². The third-order valence-corrected chi connectivity index (χ3v) is 11.5. The average molecular weight is 429 g/mol. The zero-order valence-corrected chi connectivity index (χ0v) is 21.6. The van der Waals surface area contributed by atoms with E-state index in [1.807, 2.05) is 0 Å². The Hall–Kier alpha value is -0.300. The lowest BCUT2D eigenvalue weighted by Crippen LogP contribution is -2.54. The number of hydrogen-bond donors (Lipinski definition) is 1. The number of aliphatic hydroxyl groups excluding tert-OH is 1. The van der Waals surface area contributed by atoms with Crippen LogP contribution in [0.4, 0.5) is 0 Å². The van der Waals surface area contributed by atoms with Gasteiger partial charge in [-0.3, -0.25) is 0 Å². The molecule has 0 saturated heterocycles. The molecule has 3 fully saturated rings. The minimum atomic E-state index is -0.0811. The Morgan fingerprint density at radius 1 is 1.00 bits per heavy atom. The highest BCUT2D eigenvalue weighted by Gasteiger charge is 2.57. The van der Waals surface area contributed by atoms with E-state index in [1.54, 1.807) is 5.57 Å². The van der Waals surface area contributed by atoms with E-state index in [0.717, 1.165) is 54.3 Å². The second kappa shape index (κ2) is 9.15. The largest absolute Gasteiger partial charge is 0.393 e. The summed E-state index contributed by atoms with van der Waals surface area (Å²) in [7, 11) is 0. The van der Waals surface area contributed by atoms with Crippen molar-refractivity contribution >= 4 is 0 Å². The highest BCUT2D eigenvalue weighted by Crippen LogP contribution is 2.66. The fourth-order valence-corrected chi connectivity index (χ4v) is 9.50. The van der Waals surface area contributed by atoms with E-state index in [4.69, 9.17) is 0 Å². The Kier molecular flexibility index (Phi) is 7.04. The van der Waals surface area contributed by atoms with Gasteiger partial charge in [-0.1, -0.05) is 72.5 Å². The second-order valence-electron chi connectivity index (χ2n) is 13.2. The molecule has 0 heterocycles. The van der Waals surface area contributed by atoms with Gasteiger partial charge in [0, 0.05) is 0 Å². The molecule has 0 bridgehead atoms. The molecule has 9 unspecified atom stereocenters. The van der Waals surface area contributed by atoms with E-state index in [0.29, 0.717) is 10.8 Å². The lowest BCUT2D eigenvalue weighted by atomic mass is 9.42. The van der Waals surface area contributed by atoms with Crippen molar-refractivity contribution in [1.29, 1.82) is 0 Å². The smallest absolute Gasteiger partial charge is 0.0577 e. The molecule has 1 N–H and O–H groups in total. The molecule has 4 aliphatic rings. The molecule has 4 rings (SSSR count). The molecule has 31 heavy (non-hydrogen) atoms. The van der Waals surface area contributed by atoms with Crippen LogP contribution in [0.15, 0.2) is 11.6 Å². The standard InChI is InChI=1S/C30H52O/c1-7-22(20(2)3)12-11-21(4)26-9-8-10-27-25-14-13-23-19-24(31)15-17-29(23,5)28(25)16-18-30(26,27)6/h13,20-22,24-28,31H,7-12,14-19H2,1-6H3. The van der Waals surface area contributed by atoms with Gasteiger partial charge in [0.05, 0.1) is 6.10 Å². The van der Waals surface area contributed by atoms with Crippen molar-refractivity contribution in [1.82, 2.24) is 0 Å². The Morgan fingerprint density at radius 2 is 1.77 bits per heavy atom. The minimum Gasteiger partial charge on any atom is -0.393 e. The summed E-state index contributed by atoms with van der Waals surface area (Å²) < 4.78 is 0. The number of allylic oxidation sites excluding steroid dienone is 1. The van der Waals surface area contributed by atoms with Crippen molar-refractivity contribution in [3.8, 4) is 0 Å². The summed E-state index contributed by atoms with van der Waals surface area (Å²) in [6.07, 6.45) is 18.6. The molecule has 0 aromatic heterocycles. The van der Waals surface area contributed by atoms with Gasteiger partial charge in [0.15, 0.2) is 0 Å². The van der Waals surface area contributed by atoms with Crippen LogP contribution in [0.25, 0.3) is 0 Å². The summed E-state index contributed by atoms with van der Waals surface area (Å²) in [5.41, 5.74) is 2.57. The maximum Gasteiger partial charge on any atom is 0.0577 e. The molecule has 9 atom stereocenters. The summed E-state index contributed by atoms with van der Waals surface area (Å²) in [5, 5.41) is 10.3. The molecule has 0 spiro atoms. The lowest BCUT2D eigenvalue weighted by Gasteiger charge is -2.62. The van der Waals surface area contributed by atoms with E-state index in [-0.39, 0.29) is 6.10 Å². The maximum absolute atomic E-state index is 10.3. The van der Waals surface area contributed by atoms with Gasteiger partial charge in [0.1, 0.15) is 0 Å². The topological polar surface area (TPSA) is 20.2 Å². The molecule has 4 aliphatic carbocycles. The fourth-order valence-electron chi connectivity index (χ4n) is 9.50. The molecule has 0 aromatic rings. The third-order valence-electron chi connectivity index (χ3n) is 11.5. The van der Waals surface area contributed by atoms with Gasteiger partial charge in [-0.2, -0.15) is 0 Å². The summed E-state index contributed by atoms with van der Waals surface area (Å²) in [6.45, 7) is 15.1. The summed E-state index contributed by atoms with van der Waals surface area (Å²) >= 11 is 0. The molecule has 1 heteroatoms. The summed E-state index contributed by atoms with van der Waals surface area (Å²) in [6, 6.07) is 0. The van der Waals surface area contributed by atoms with Crippen molar-refractivity contribution in [3.05, 3.63) is 11.6 Å². The highest BCUT2D eigenvalue weighted by molar-refractivity contribution is 5.25. The van der Waals surface area contributed by atoms with Crippen LogP contribution >= 0.6 is 0 Å². The molecular formula is C30H52O. The van der Waals surface area contributed by atoms with Crippen LogP contribution < -0.4 is 0 Å². The van der Waals surface area contributed by atoms with Gasteiger partial charge in [0.25, 0.3) is 0 Å². The lowest BCUT2D eigenvalue weighted by molar-refractivity contribution is -0.110. The van der Waals surface area contributed by atoms with E-state index in [9.17, 15) is 5.11 Å². The zero-order chi connectivity index (χ0) is 22.4. The summed E-state index contributed by atoms with van der Waals surface area (Å²) in [5.74, 6) is 6.26. The van der Waals surface area contributed by atoms with Crippen molar-refractivity contribution in [3.63, 3.8) is 0 Å². The van der Waals surface area contributed by atoms with Crippen LogP contribution in [0.1, 0.15) is 119 Å². The Morgan fingerprint density at radius 3 is 2.48 bits per heavy atom. The quantitative estimate of drug-likeness (QED) is 0.421. The second-order valence-corrected chi connectivity index (χ2v) is 13.2. The van der Waals surface area contributed by atoms with E-state index < -0.39 is 0 Å². The fraction of sp³-hybridized carbons (Fsp3) is 0.933. The van der Waals surface area contributed by atoms with Gasteiger partial charge in [-0.25, -0.2) is 0 Å². The van der Waals surface area contributed by atoms with Crippen LogP contribution in [-0.4, -0.2) is 11.2 Å². The van der Waals surface area contributed by atoms with Gasteiger partial charge < -0.3 is 5.11 Å². The Bertz CT molecular complexity index is 649. The van der Waals surface area contributed by atoms with Crippen LogP contribution in [0.2, 0.25) is 0 Å².